The van der Waals surface area contributed by atoms with E-state index in [0.29, 0.717) is 12.8 Å². The Morgan fingerprint density at radius 1 is 0.726 bits per heavy atom. The number of allylic oxidation sites excluding steroid dienone is 12. The third-order valence-electron chi connectivity index (χ3n) is 13.5. The van der Waals surface area contributed by atoms with E-state index >= 15 is 0 Å². The zero-order valence-electron chi connectivity index (χ0n) is 42.5. The first kappa shape index (κ1) is 61.6. The van der Waals surface area contributed by atoms with Crippen LogP contribution in [-0.2, 0) is 33.3 Å². The summed E-state index contributed by atoms with van der Waals surface area (Å²) < 4.78 is 23.4. The van der Waals surface area contributed by atoms with E-state index < -0.39 is 140 Å². The van der Waals surface area contributed by atoms with Crippen LogP contribution in [0.25, 0.3) is 0 Å². The number of hydrogen-bond donors (Lipinski definition) is 13. The number of nitrogens with two attached hydrogens (primary N) is 1. The summed E-state index contributed by atoms with van der Waals surface area (Å²) in [5.74, 6) is -5.79. The second-order valence-electron chi connectivity index (χ2n) is 20.7. The van der Waals surface area contributed by atoms with Crippen LogP contribution in [0.1, 0.15) is 98.3 Å². The molecule has 0 spiro atoms. The quantitative estimate of drug-likeness (QED) is 0.160. The predicted octanol–water partition coefficient (Wildman–Crippen LogP) is 0.414. The van der Waals surface area contributed by atoms with E-state index in [1.165, 1.54) is 0 Å². The van der Waals surface area contributed by atoms with Crippen molar-refractivity contribution in [1.29, 1.82) is 0 Å². The van der Waals surface area contributed by atoms with Gasteiger partial charge in [0.2, 0.25) is 11.8 Å². The fourth-order valence-electron chi connectivity index (χ4n) is 9.43. The van der Waals surface area contributed by atoms with Crippen molar-refractivity contribution in [2.45, 2.75) is 195 Å². The van der Waals surface area contributed by atoms with Gasteiger partial charge in [-0.3, -0.25) is 14.4 Å². The molecule has 3 fully saturated rings. The van der Waals surface area contributed by atoms with Crippen LogP contribution in [0, 0.1) is 17.8 Å². The minimum Gasteiger partial charge on any atom is -0.462 e. The Bertz CT molecular complexity index is 1940. The van der Waals surface area contributed by atoms with Crippen LogP contribution >= 0.6 is 0 Å². The average Bonchev–Trinajstić information content (AvgIpc) is 3.56. The highest BCUT2D eigenvalue weighted by molar-refractivity contribution is 5.82. The third-order valence-corrected chi connectivity index (χ3v) is 13.5. The fraction of sp³-hybridized carbons (Fsp3) is 0.679. The summed E-state index contributed by atoms with van der Waals surface area (Å²) in [6, 6.07) is -1.13. The molecule has 7 unspecified atom stereocenters. The number of carbonyl (C=O) groups is 3. The Kier molecular flexibility index (Phi) is 25.3. The van der Waals surface area contributed by atoms with E-state index in [4.69, 9.17) is 24.7 Å². The molecule has 0 saturated carbocycles. The van der Waals surface area contributed by atoms with Gasteiger partial charge < -0.3 is 86.4 Å². The molecule has 73 heavy (non-hydrogen) atoms. The number of aliphatic hydroxyl groups is 10. The second-order valence-corrected chi connectivity index (χ2v) is 20.7. The highest BCUT2D eigenvalue weighted by atomic mass is 16.7. The van der Waals surface area contributed by atoms with Gasteiger partial charge in [-0.15, -0.1) is 0 Å². The van der Waals surface area contributed by atoms with Crippen LogP contribution in [0.15, 0.2) is 85.1 Å². The Balaban J connectivity index is 1.58. The number of esters is 1. The zero-order chi connectivity index (χ0) is 53.9. The lowest BCUT2D eigenvalue weighted by Crippen LogP contribution is -2.59. The second kappa shape index (κ2) is 29.9. The summed E-state index contributed by atoms with van der Waals surface area (Å²) in [6.07, 6.45) is 6.14. The molecule has 412 valence electrons. The third kappa shape index (κ3) is 21.3. The maximum absolute atomic E-state index is 14.0. The van der Waals surface area contributed by atoms with Gasteiger partial charge in [0.1, 0.15) is 12.2 Å². The van der Waals surface area contributed by atoms with Crippen molar-refractivity contribution in [3.63, 3.8) is 0 Å². The molecule has 20 nitrogen and oxygen atoms in total. The molecule has 0 radical (unpaired) electrons. The molecule has 4 aliphatic heterocycles. The maximum Gasteiger partial charge on any atom is 0.308 e. The predicted molar refractivity (Wildman–Crippen MR) is 268 cm³/mol. The molecular weight excluding hydrogens is 951 g/mol. The monoisotopic (exact) mass is 1030 g/mol. The standard InChI is InChI=1S/C53H83N3O17/c1-32-17-15-13-11-9-7-5-6-8-10-12-14-16-18-38(72-51-48(66)47(54)43(64)31-70-51)27-44-46(50(68)55-22-21-34-28-52(3,4)56-49(34)67)42(63)30-53(69,73-44)29-37(59)25-41(62)39(60)20-19-35(57)24-36(58)26-45(65)71-33(2)23-40(32)61/h5-18,32-44,46-48,51,57-64,66,69H,19-31,54H2,1-4H3,(H,55,68)(H,56,67)/b6-5+,9-7+,10-8+,13-11+,14-12+,17-15+,18-16+/t32-,33-,34?,35?,36?,37?,38?,39+,40-,41+,42-,43+,44-,46?,47-,48-,51-,53?/m0/s1. The van der Waals surface area contributed by atoms with Crippen LogP contribution in [0.4, 0.5) is 0 Å². The molecule has 0 aromatic rings. The molecule has 18 atom stereocenters. The number of hydrogen-bond acceptors (Lipinski definition) is 18. The van der Waals surface area contributed by atoms with Gasteiger partial charge in [-0.25, -0.2) is 0 Å². The topological polar surface area (TPSA) is 341 Å². The van der Waals surface area contributed by atoms with Crippen molar-refractivity contribution in [2.24, 2.45) is 23.5 Å². The molecule has 0 aliphatic carbocycles. The first-order chi connectivity index (χ1) is 34.5. The molecule has 4 aliphatic rings. The van der Waals surface area contributed by atoms with Crippen molar-refractivity contribution in [1.82, 2.24) is 10.6 Å². The van der Waals surface area contributed by atoms with Crippen LogP contribution in [0.2, 0.25) is 0 Å². The minimum absolute atomic E-state index is 0.0736. The van der Waals surface area contributed by atoms with Crippen LogP contribution in [-0.4, -0.2) is 179 Å². The lowest BCUT2D eigenvalue weighted by atomic mass is 9.82. The minimum atomic E-state index is -2.31. The molecule has 4 heterocycles. The molecule has 2 amide bonds. The highest BCUT2D eigenvalue weighted by Crippen LogP contribution is 2.38. The first-order valence-electron chi connectivity index (χ1n) is 25.5. The maximum atomic E-state index is 14.0. The summed E-state index contributed by atoms with van der Waals surface area (Å²) in [5.41, 5.74) is 5.63. The van der Waals surface area contributed by atoms with Gasteiger partial charge in [-0.1, -0.05) is 92.0 Å². The van der Waals surface area contributed by atoms with Crippen molar-refractivity contribution in [3.05, 3.63) is 85.1 Å². The summed E-state index contributed by atoms with van der Waals surface area (Å²) >= 11 is 0. The first-order valence-corrected chi connectivity index (χ1v) is 25.5. The zero-order valence-corrected chi connectivity index (χ0v) is 42.5. The van der Waals surface area contributed by atoms with Crippen molar-refractivity contribution in [3.8, 4) is 0 Å². The largest absolute Gasteiger partial charge is 0.462 e. The van der Waals surface area contributed by atoms with E-state index in [9.17, 15) is 65.4 Å². The van der Waals surface area contributed by atoms with Gasteiger partial charge in [-0.2, -0.15) is 0 Å². The van der Waals surface area contributed by atoms with Crippen molar-refractivity contribution in [2.75, 3.05) is 13.2 Å². The smallest absolute Gasteiger partial charge is 0.308 e. The van der Waals surface area contributed by atoms with E-state index in [1.54, 1.807) is 61.6 Å². The lowest BCUT2D eigenvalue weighted by molar-refractivity contribution is -0.304. The fourth-order valence-corrected chi connectivity index (χ4v) is 9.43. The number of carbonyl (C=O) groups excluding carboxylic acids is 3. The summed E-state index contributed by atoms with van der Waals surface area (Å²) in [4.78, 5) is 39.2. The van der Waals surface area contributed by atoms with Gasteiger partial charge in [0.25, 0.3) is 0 Å². The lowest BCUT2D eigenvalue weighted by Gasteiger charge is -2.45. The Morgan fingerprint density at radius 3 is 1.96 bits per heavy atom. The number of cyclic esters (lactones) is 1. The number of nitrogens with one attached hydrogen (secondary N) is 2. The molecule has 2 bridgehead atoms. The summed E-state index contributed by atoms with van der Waals surface area (Å²) in [5, 5.41) is 115. The van der Waals surface area contributed by atoms with Gasteiger partial charge in [0.05, 0.1) is 86.0 Å². The number of amides is 2. The molecule has 4 rings (SSSR count). The molecule has 0 aromatic heterocycles. The van der Waals surface area contributed by atoms with Crippen LogP contribution in [0.5, 0.6) is 0 Å². The van der Waals surface area contributed by atoms with Gasteiger partial charge in [0, 0.05) is 56.0 Å². The Morgan fingerprint density at radius 2 is 1.34 bits per heavy atom. The summed E-state index contributed by atoms with van der Waals surface area (Å²) in [6.45, 7) is 7.06. The van der Waals surface area contributed by atoms with Gasteiger partial charge in [-0.05, 0) is 52.9 Å². The number of aliphatic hydroxyl groups excluding tert-OH is 9. The van der Waals surface area contributed by atoms with Crippen molar-refractivity contribution < 1.29 is 84.4 Å². The SMILES string of the molecule is C[C@H]1C[C@H](O)[C@@H](C)/C=C/C=C/C=C/C=C/C=C/C=C/C=C/C(O[C@@H]2OC[C@@H](O)[C@H](N)[C@@H]2O)C[C@@H]2OC(O)(CC(O)C[C@@H](O)[C@H](O)CCC(O)CC(O)CC(=O)O1)C[C@H](O)C2C(=O)NCCC1CC(C)(C)NC1=O. The van der Waals surface area contributed by atoms with Gasteiger partial charge in [0.15, 0.2) is 12.1 Å². The van der Waals surface area contributed by atoms with E-state index in [1.807, 2.05) is 51.2 Å². The Hall–Kier alpha value is -3.97. The number of ether oxygens (including phenoxy) is 4. The highest BCUT2D eigenvalue weighted by Gasteiger charge is 2.51. The normalized spacial score (nSPS) is 42.5. The van der Waals surface area contributed by atoms with Gasteiger partial charge >= 0.3 is 5.97 Å². The van der Waals surface area contributed by atoms with Crippen molar-refractivity contribution >= 4 is 17.8 Å². The van der Waals surface area contributed by atoms with E-state index in [2.05, 4.69) is 10.6 Å². The molecule has 20 heteroatoms. The average molecular weight is 1030 g/mol. The summed E-state index contributed by atoms with van der Waals surface area (Å²) in [7, 11) is 0. The molecule has 14 N–H and O–H groups in total. The van der Waals surface area contributed by atoms with Crippen LogP contribution in [0.3, 0.4) is 0 Å². The number of fused-ring (bicyclic) bond motifs is 2. The van der Waals surface area contributed by atoms with E-state index in [0.717, 1.165) is 0 Å². The Labute approximate surface area is 428 Å². The van der Waals surface area contributed by atoms with E-state index in [-0.39, 0.29) is 63.0 Å². The molecule has 3 saturated heterocycles. The molecular formula is C53H83N3O17. The van der Waals surface area contributed by atoms with Crippen LogP contribution < -0.4 is 16.4 Å². The number of rotatable bonds is 6. The molecule has 0 aromatic carbocycles.